The number of fused-ring (bicyclic) bond motifs is 1. The Labute approximate surface area is 154 Å². The number of hydrogen-bond donors (Lipinski definition) is 2. The lowest BCUT2D eigenvalue weighted by Gasteiger charge is -2.29. The Balaban J connectivity index is 0.00000182. The van der Waals surface area contributed by atoms with E-state index in [1.54, 1.807) is 6.20 Å². The van der Waals surface area contributed by atoms with Crippen LogP contribution in [0, 0.1) is 0 Å². The van der Waals surface area contributed by atoms with Crippen molar-refractivity contribution >= 4 is 29.8 Å². The predicted octanol–water partition coefficient (Wildman–Crippen LogP) is 3.03. The highest BCUT2D eigenvalue weighted by Gasteiger charge is 2.32. The van der Waals surface area contributed by atoms with Gasteiger partial charge in [0.15, 0.2) is 0 Å². The summed E-state index contributed by atoms with van der Waals surface area (Å²) >= 11 is 0. The molecule has 1 amide bonds. The maximum Gasteiger partial charge on any atom is 0.233 e. The van der Waals surface area contributed by atoms with E-state index < -0.39 is 0 Å². The van der Waals surface area contributed by atoms with Crippen molar-refractivity contribution < 1.29 is 4.79 Å². The van der Waals surface area contributed by atoms with Crippen molar-refractivity contribution in [3.63, 3.8) is 0 Å². The Morgan fingerprint density at radius 1 is 1.24 bits per heavy atom. The molecule has 1 atom stereocenters. The molecule has 0 aliphatic carbocycles. The Bertz CT molecular complexity index is 774. The number of piperazine rings is 1. The van der Waals surface area contributed by atoms with Gasteiger partial charge >= 0.3 is 0 Å². The van der Waals surface area contributed by atoms with Gasteiger partial charge in [-0.05, 0) is 35.7 Å². The topological polar surface area (TPSA) is 57.3 Å². The highest BCUT2D eigenvalue weighted by atomic mass is 35.5. The highest BCUT2D eigenvalue weighted by molar-refractivity contribution is 6.04. The van der Waals surface area contributed by atoms with E-state index in [-0.39, 0.29) is 24.2 Å². The molecule has 0 spiro atoms. The second-order valence-corrected chi connectivity index (χ2v) is 6.36. The first-order valence-electron chi connectivity index (χ1n) is 8.64. The van der Waals surface area contributed by atoms with Crippen molar-refractivity contribution in [2.75, 3.05) is 36.4 Å². The number of hydrogen-bond acceptors (Lipinski definition) is 4. The van der Waals surface area contributed by atoms with Gasteiger partial charge in [0, 0.05) is 43.6 Å². The number of amides is 1. The van der Waals surface area contributed by atoms with Gasteiger partial charge in [0.05, 0.1) is 5.92 Å². The molecule has 2 N–H and O–H groups in total. The number of halogens is 1. The molecule has 1 saturated heterocycles. The van der Waals surface area contributed by atoms with Gasteiger partial charge in [-0.25, -0.2) is 4.98 Å². The second-order valence-electron chi connectivity index (χ2n) is 6.36. The smallest absolute Gasteiger partial charge is 0.233 e. The minimum atomic E-state index is -0.105. The molecular formula is C19H23ClN4O. The zero-order valence-corrected chi connectivity index (χ0v) is 15.1. The summed E-state index contributed by atoms with van der Waals surface area (Å²) in [6, 6.07) is 10.6. The van der Waals surface area contributed by atoms with E-state index in [0.29, 0.717) is 0 Å². The molecule has 1 fully saturated rings. The lowest BCUT2D eigenvalue weighted by Crippen LogP contribution is -2.43. The summed E-state index contributed by atoms with van der Waals surface area (Å²) in [5.74, 6) is 0.675. The number of pyridine rings is 1. The number of benzene rings is 1. The summed E-state index contributed by atoms with van der Waals surface area (Å²) < 4.78 is 0. The largest absolute Gasteiger partial charge is 0.369 e. The van der Waals surface area contributed by atoms with E-state index in [1.807, 2.05) is 13.0 Å². The Hall–Kier alpha value is -2.11. The zero-order valence-electron chi connectivity index (χ0n) is 14.3. The normalized spacial score (nSPS) is 19.2. The number of carbonyl (C=O) groups is 1. The molecule has 4 rings (SSSR count). The number of carbonyl (C=O) groups excluding carboxylic acids is 1. The third-order valence-corrected chi connectivity index (χ3v) is 4.94. The summed E-state index contributed by atoms with van der Waals surface area (Å²) in [5.41, 5.74) is 4.55. The molecule has 1 unspecified atom stereocenters. The third kappa shape index (κ3) is 3.22. The Morgan fingerprint density at radius 2 is 2.04 bits per heavy atom. The molecule has 2 aromatic rings. The monoisotopic (exact) mass is 358 g/mol. The van der Waals surface area contributed by atoms with Crippen LogP contribution in [-0.4, -0.2) is 37.1 Å². The first-order valence-corrected chi connectivity index (χ1v) is 8.64. The van der Waals surface area contributed by atoms with E-state index in [2.05, 4.69) is 44.8 Å². The van der Waals surface area contributed by atoms with Crippen LogP contribution in [0.5, 0.6) is 0 Å². The molecule has 25 heavy (non-hydrogen) atoms. The van der Waals surface area contributed by atoms with Gasteiger partial charge in [-0.3, -0.25) is 4.79 Å². The van der Waals surface area contributed by atoms with Gasteiger partial charge in [-0.2, -0.15) is 0 Å². The van der Waals surface area contributed by atoms with Crippen LogP contribution in [0.25, 0.3) is 11.1 Å². The van der Waals surface area contributed by atoms with E-state index in [0.717, 1.165) is 55.1 Å². The van der Waals surface area contributed by atoms with Gasteiger partial charge in [0.1, 0.15) is 5.82 Å². The minimum absolute atomic E-state index is 0. The Morgan fingerprint density at radius 3 is 2.80 bits per heavy atom. The van der Waals surface area contributed by atoms with Gasteiger partial charge in [-0.1, -0.05) is 19.1 Å². The summed E-state index contributed by atoms with van der Waals surface area (Å²) in [4.78, 5) is 19.0. The third-order valence-electron chi connectivity index (χ3n) is 4.94. The molecule has 1 aromatic carbocycles. The van der Waals surface area contributed by atoms with Gasteiger partial charge in [0.25, 0.3) is 0 Å². The summed E-state index contributed by atoms with van der Waals surface area (Å²) in [6.45, 7) is 6.13. The molecule has 2 aliphatic rings. The second kappa shape index (κ2) is 7.42. The van der Waals surface area contributed by atoms with Gasteiger partial charge < -0.3 is 15.5 Å². The van der Waals surface area contributed by atoms with Crippen LogP contribution in [-0.2, 0) is 4.79 Å². The van der Waals surface area contributed by atoms with Crippen molar-refractivity contribution in [2.45, 2.75) is 19.3 Å². The van der Waals surface area contributed by atoms with Gasteiger partial charge in [0.2, 0.25) is 5.91 Å². The lowest BCUT2D eigenvalue weighted by atomic mass is 9.91. The maximum atomic E-state index is 12.2. The van der Waals surface area contributed by atoms with Crippen LogP contribution in [0.15, 0.2) is 36.5 Å². The molecule has 2 aliphatic heterocycles. The van der Waals surface area contributed by atoms with Crippen LogP contribution in [0.1, 0.15) is 24.8 Å². The number of nitrogens with one attached hydrogen (secondary N) is 2. The van der Waals surface area contributed by atoms with E-state index in [1.165, 1.54) is 5.69 Å². The fourth-order valence-corrected chi connectivity index (χ4v) is 3.69. The van der Waals surface area contributed by atoms with Crippen LogP contribution >= 0.6 is 12.4 Å². The van der Waals surface area contributed by atoms with Crippen molar-refractivity contribution in [1.82, 2.24) is 10.3 Å². The molecular weight excluding hydrogens is 336 g/mol. The number of aromatic nitrogens is 1. The van der Waals surface area contributed by atoms with Crippen molar-refractivity contribution in [3.05, 3.63) is 42.1 Å². The standard InChI is InChI=1S/C19H22N4O.ClH/c1-2-15-17-16(6-7-21-18(17)22-19(15)24)13-4-3-5-14(12-13)23-10-8-20-9-11-23;/h3-7,12,15,20H,2,8-11H2,1H3,(H,21,22,24);1H. The lowest BCUT2D eigenvalue weighted by molar-refractivity contribution is -0.117. The Kier molecular flexibility index (Phi) is 5.25. The molecule has 0 saturated carbocycles. The van der Waals surface area contributed by atoms with E-state index >= 15 is 0 Å². The minimum Gasteiger partial charge on any atom is -0.369 e. The fourth-order valence-electron chi connectivity index (χ4n) is 3.69. The van der Waals surface area contributed by atoms with Crippen LogP contribution in [0.4, 0.5) is 11.5 Å². The quantitative estimate of drug-likeness (QED) is 0.885. The van der Waals surface area contributed by atoms with Crippen LogP contribution in [0.2, 0.25) is 0 Å². The summed E-state index contributed by atoms with van der Waals surface area (Å²) in [6.07, 6.45) is 2.57. The molecule has 0 radical (unpaired) electrons. The molecule has 3 heterocycles. The number of anilines is 2. The predicted molar refractivity (Wildman–Crippen MR) is 104 cm³/mol. The molecule has 132 valence electrons. The maximum absolute atomic E-state index is 12.2. The summed E-state index contributed by atoms with van der Waals surface area (Å²) in [5, 5.41) is 6.31. The molecule has 5 nitrogen and oxygen atoms in total. The average Bonchev–Trinajstić information content (AvgIpc) is 2.97. The van der Waals surface area contributed by atoms with E-state index in [9.17, 15) is 4.79 Å². The van der Waals surface area contributed by atoms with Crippen LogP contribution < -0.4 is 15.5 Å². The van der Waals surface area contributed by atoms with E-state index in [4.69, 9.17) is 0 Å². The van der Waals surface area contributed by atoms with Crippen LogP contribution in [0.3, 0.4) is 0 Å². The fraction of sp³-hybridized carbons (Fsp3) is 0.368. The molecule has 6 heteroatoms. The van der Waals surface area contributed by atoms with Gasteiger partial charge in [-0.15, -0.1) is 12.4 Å². The average molecular weight is 359 g/mol. The van der Waals surface area contributed by atoms with Crippen molar-refractivity contribution in [3.8, 4) is 11.1 Å². The molecule has 1 aromatic heterocycles. The first-order chi connectivity index (χ1) is 11.8. The number of rotatable bonds is 3. The SMILES string of the molecule is CCC1C(=O)Nc2nccc(-c3cccc(N4CCNCC4)c3)c21.Cl. The highest BCUT2D eigenvalue weighted by Crippen LogP contribution is 2.40. The molecule has 0 bridgehead atoms. The van der Waals surface area contributed by atoms with Crippen molar-refractivity contribution in [1.29, 1.82) is 0 Å². The first kappa shape index (κ1) is 17.7. The summed E-state index contributed by atoms with van der Waals surface area (Å²) in [7, 11) is 0. The zero-order chi connectivity index (χ0) is 16.5. The number of nitrogens with zero attached hydrogens (tertiary/aromatic N) is 2. The van der Waals surface area contributed by atoms with Crippen molar-refractivity contribution in [2.24, 2.45) is 0 Å².